The van der Waals surface area contributed by atoms with Gasteiger partial charge in [0.1, 0.15) is 6.10 Å². The van der Waals surface area contributed by atoms with Gasteiger partial charge in [-0.25, -0.2) is 0 Å². The quantitative estimate of drug-likeness (QED) is 0.911. The zero-order valence-corrected chi connectivity index (χ0v) is 12.0. The van der Waals surface area contributed by atoms with Gasteiger partial charge in [-0.2, -0.15) is 5.10 Å². The van der Waals surface area contributed by atoms with E-state index in [4.69, 9.17) is 23.2 Å². The van der Waals surface area contributed by atoms with E-state index < -0.39 is 6.10 Å². The van der Waals surface area contributed by atoms with Gasteiger partial charge in [0.25, 0.3) is 0 Å². The Hall–Kier alpha value is -0.550. The van der Waals surface area contributed by atoms with Crippen LogP contribution in [0.5, 0.6) is 0 Å². The Bertz CT molecular complexity index is 537. The van der Waals surface area contributed by atoms with Gasteiger partial charge in [0.15, 0.2) is 0 Å². The van der Waals surface area contributed by atoms with Gasteiger partial charge < -0.3 is 5.11 Å². The molecule has 1 aromatic carbocycles. The van der Waals surface area contributed by atoms with Crippen LogP contribution in [0, 0.1) is 0 Å². The maximum atomic E-state index is 10.2. The Morgan fingerprint density at radius 3 is 2.59 bits per heavy atom. The van der Waals surface area contributed by atoms with Crippen molar-refractivity contribution in [1.29, 1.82) is 0 Å². The van der Waals surface area contributed by atoms with Gasteiger partial charge in [-0.3, -0.25) is 4.68 Å². The molecule has 6 heteroatoms. The Kier molecular flexibility index (Phi) is 3.78. The molecular weight excluding hydrogens is 327 g/mol. The lowest BCUT2D eigenvalue weighted by Crippen LogP contribution is -2.07. The number of nitrogens with zero attached hydrogens (tertiary/aromatic N) is 2. The van der Waals surface area contributed by atoms with Gasteiger partial charge in [-0.1, -0.05) is 29.3 Å². The van der Waals surface area contributed by atoms with Gasteiger partial charge >= 0.3 is 0 Å². The maximum Gasteiger partial charge on any atom is 0.122 e. The van der Waals surface area contributed by atoms with E-state index in [-0.39, 0.29) is 0 Å². The van der Waals surface area contributed by atoms with E-state index in [2.05, 4.69) is 21.0 Å². The van der Waals surface area contributed by atoms with E-state index in [1.165, 1.54) is 6.20 Å². The summed E-state index contributed by atoms with van der Waals surface area (Å²) in [6, 6.07) is 5.23. The van der Waals surface area contributed by atoms with E-state index in [0.717, 1.165) is 4.47 Å². The van der Waals surface area contributed by atoms with Crippen molar-refractivity contribution in [3.63, 3.8) is 0 Å². The summed E-state index contributed by atoms with van der Waals surface area (Å²) in [6.45, 7) is 0. The Morgan fingerprint density at radius 1 is 1.35 bits per heavy atom. The number of hydrogen-bond donors (Lipinski definition) is 1. The second-order valence-corrected chi connectivity index (χ2v) is 5.25. The first kappa shape index (κ1) is 12.9. The van der Waals surface area contributed by atoms with Crippen molar-refractivity contribution in [1.82, 2.24) is 9.78 Å². The number of halogens is 3. The van der Waals surface area contributed by atoms with Gasteiger partial charge in [-0.15, -0.1) is 0 Å². The summed E-state index contributed by atoms with van der Waals surface area (Å²) in [5.74, 6) is 0. The number of aliphatic hydroxyl groups is 1. The lowest BCUT2D eigenvalue weighted by molar-refractivity contribution is 0.210. The highest BCUT2D eigenvalue weighted by molar-refractivity contribution is 9.10. The molecule has 2 aromatic rings. The molecule has 0 aliphatic heterocycles. The highest BCUT2D eigenvalue weighted by Crippen LogP contribution is 2.31. The molecule has 90 valence electrons. The normalized spacial score (nSPS) is 12.8. The summed E-state index contributed by atoms with van der Waals surface area (Å²) < 4.78 is 2.28. The first-order chi connectivity index (χ1) is 8.00. The van der Waals surface area contributed by atoms with Crippen molar-refractivity contribution in [2.24, 2.45) is 7.05 Å². The molecule has 0 saturated carbocycles. The smallest absolute Gasteiger partial charge is 0.122 e. The van der Waals surface area contributed by atoms with Crippen LogP contribution in [0.25, 0.3) is 0 Å². The monoisotopic (exact) mass is 334 g/mol. The number of rotatable bonds is 2. The predicted molar refractivity (Wildman–Crippen MR) is 71.4 cm³/mol. The number of aryl methyl sites for hydroxylation is 1. The zero-order valence-electron chi connectivity index (χ0n) is 8.86. The van der Waals surface area contributed by atoms with Crippen molar-refractivity contribution >= 4 is 39.1 Å². The minimum absolute atomic E-state index is 0.436. The maximum absolute atomic E-state index is 10.2. The van der Waals surface area contributed by atoms with Crippen LogP contribution in [-0.4, -0.2) is 14.9 Å². The van der Waals surface area contributed by atoms with E-state index in [0.29, 0.717) is 21.3 Å². The Labute approximate surface area is 117 Å². The van der Waals surface area contributed by atoms with Crippen LogP contribution in [0.15, 0.2) is 28.9 Å². The molecule has 1 atom stereocenters. The van der Waals surface area contributed by atoms with E-state index >= 15 is 0 Å². The van der Waals surface area contributed by atoms with Crippen molar-refractivity contribution in [3.05, 3.63) is 50.2 Å². The van der Waals surface area contributed by atoms with E-state index in [9.17, 15) is 5.11 Å². The van der Waals surface area contributed by atoms with Crippen LogP contribution >= 0.6 is 39.1 Å². The van der Waals surface area contributed by atoms with Crippen LogP contribution in [0.1, 0.15) is 17.4 Å². The molecule has 0 fully saturated rings. The Morgan fingerprint density at radius 2 is 2.06 bits per heavy atom. The van der Waals surface area contributed by atoms with E-state index in [1.54, 1.807) is 29.9 Å². The van der Waals surface area contributed by atoms with Gasteiger partial charge in [-0.05, 0) is 33.6 Å². The number of aromatic nitrogens is 2. The number of hydrogen-bond acceptors (Lipinski definition) is 2. The zero-order chi connectivity index (χ0) is 12.6. The minimum Gasteiger partial charge on any atom is -0.382 e. The summed E-state index contributed by atoms with van der Waals surface area (Å²) in [6.07, 6.45) is 0.675. The molecule has 1 aromatic heterocycles. The molecule has 2 rings (SSSR count). The average Bonchev–Trinajstić information content (AvgIpc) is 2.62. The first-order valence-corrected chi connectivity index (χ1v) is 6.36. The van der Waals surface area contributed by atoms with Crippen LogP contribution in [0.4, 0.5) is 0 Å². The molecule has 0 spiro atoms. The van der Waals surface area contributed by atoms with Crippen molar-refractivity contribution in [2.75, 3.05) is 0 Å². The standard InChI is InChI=1S/C11H9BrCl2N2O/c1-16-10(9(14)5-15-16)11(17)6-2-3-8(13)7(12)4-6/h2-5,11,17H,1H3. The molecule has 0 aliphatic rings. The topological polar surface area (TPSA) is 38.0 Å². The fourth-order valence-corrected chi connectivity index (χ4v) is 2.35. The third kappa shape index (κ3) is 2.50. The largest absolute Gasteiger partial charge is 0.382 e. The fraction of sp³-hybridized carbons (Fsp3) is 0.182. The minimum atomic E-state index is -0.830. The molecule has 0 bridgehead atoms. The summed E-state index contributed by atoms with van der Waals surface area (Å²) in [7, 11) is 1.73. The SMILES string of the molecule is Cn1ncc(Cl)c1C(O)c1ccc(Cl)c(Br)c1. The number of aliphatic hydroxyl groups excluding tert-OH is 1. The molecule has 3 nitrogen and oxygen atoms in total. The summed E-state index contributed by atoms with van der Waals surface area (Å²) in [5, 5.41) is 15.3. The number of benzene rings is 1. The molecule has 1 unspecified atom stereocenters. The summed E-state index contributed by atoms with van der Waals surface area (Å²) >= 11 is 15.2. The highest BCUT2D eigenvalue weighted by Gasteiger charge is 2.18. The molecule has 17 heavy (non-hydrogen) atoms. The van der Waals surface area contributed by atoms with Crippen LogP contribution in [0.3, 0.4) is 0 Å². The van der Waals surface area contributed by atoms with Crippen LogP contribution in [0.2, 0.25) is 10.0 Å². The Balaban J connectivity index is 2.43. The highest BCUT2D eigenvalue weighted by atomic mass is 79.9. The summed E-state index contributed by atoms with van der Waals surface area (Å²) in [4.78, 5) is 0. The van der Waals surface area contributed by atoms with Crippen LogP contribution < -0.4 is 0 Å². The molecule has 1 heterocycles. The van der Waals surface area contributed by atoms with Crippen molar-refractivity contribution < 1.29 is 5.11 Å². The lowest BCUT2D eigenvalue weighted by atomic mass is 10.1. The fourth-order valence-electron chi connectivity index (χ4n) is 1.57. The second kappa shape index (κ2) is 4.98. The molecular formula is C11H9BrCl2N2O. The molecule has 0 radical (unpaired) electrons. The third-order valence-corrected chi connectivity index (χ3v) is 3.96. The van der Waals surface area contributed by atoms with Crippen LogP contribution in [-0.2, 0) is 7.05 Å². The lowest BCUT2D eigenvalue weighted by Gasteiger charge is -2.13. The molecule has 0 amide bonds. The second-order valence-electron chi connectivity index (χ2n) is 3.58. The summed E-state index contributed by atoms with van der Waals surface area (Å²) in [5.41, 5.74) is 1.26. The molecule has 0 aliphatic carbocycles. The third-order valence-electron chi connectivity index (χ3n) is 2.46. The van der Waals surface area contributed by atoms with Crippen molar-refractivity contribution in [2.45, 2.75) is 6.10 Å². The van der Waals surface area contributed by atoms with Gasteiger partial charge in [0, 0.05) is 11.5 Å². The van der Waals surface area contributed by atoms with Gasteiger partial charge in [0.2, 0.25) is 0 Å². The van der Waals surface area contributed by atoms with Gasteiger partial charge in [0.05, 0.1) is 21.9 Å². The van der Waals surface area contributed by atoms with Crippen molar-refractivity contribution in [3.8, 4) is 0 Å². The predicted octanol–water partition coefficient (Wildman–Crippen LogP) is 3.57. The molecule has 1 N–H and O–H groups in total. The first-order valence-electron chi connectivity index (χ1n) is 4.81. The molecule has 0 saturated heterocycles. The average molecular weight is 336 g/mol. The van der Waals surface area contributed by atoms with E-state index in [1.807, 2.05) is 0 Å².